The Morgan fingerprint density at radius 3 is 2.35 bits per heavy atom. The van der Waals surface area contributed by atoms with Crippen molar-refractivity contribution < 1.29 is 18.4 Å². The van der Waals surface area contributed by atoms with Crippen LogP contribution in [0, 0.1) is 6.92 Å². The Bertz CT molecular complexity index is 1580. The molecule has 204 valence electrons. The number of hydrogen-bond donors (Lipinski definition) is 1. The summed E-state index contributed by atoms with van der Waals surface area (Å²) in [5, 5.41) is 1.06. The highest BCUT2D eigenvalue weighted by Crippen LogP contribution is 2.31. The lowest BCUT2D eigenvalue weighted by Crippen LogP contribution is -2.50. The molecule has 7 nitrogen and oxygen atoms in total. The number of piperazine rings is 1. The molecule has 0 unspecified atom stereocenters. The molecule has 0 saturated carbocycles. The summed E-state index contributed by atoms with van der Waals surface area (Å²) in [5.74, 6) is -4.11. The number of benzene rings is 2. The van der Waals surface area contributed by atoms with Crippen molar-refractivity contribution in [2.45, 2.75) is 17.7 Å². The highest BCUT2D eigenvalue weighted by Gasteiger charge is 2.36. The molecular weight excluding hydrogens is 532 g/mol. The number of nitrogens with zero attached hydrogens (tertiary/aromatic N) is 4. The molecule has 2 aromatic heterocycles. The molecule has 1 saturated heterocycles. The van der Waals surface area contributed by atoms with Crippen LogP contribution in [0.5, 0.6) is 0 Å². The zero-order chi connectivity index (χ0) is 28.3. The highest BCUT2D eigenvalue weighted by molar-refractivity contribution is 8.00. The van der Waals surface area contributed by atoms with Crippen LogP contribution in [0.25, 0.3) is 10.9 Å². The van der Waals surface area contributed by atoms with Gasteiger partial charge in [0.2, 0.25) is 0 Å². The second-order valence-electron chi connectivity index (χ2n) is 9.38. The molecule has 0 spiro atoms. The van der Waals surface area contributed by atoms with Crippen LogP contribution < -0.4 is 4.72 Å². The van der Waals surface area contributed by atoms with Gasteiger partial charge in [-0.3, -0.25) is 19.6 Å². The van der Waals surface area contributed by atoms with E-state index in [4.69, 9.17) is 0 Å². The van der Waals surface area contributed by atoms with Gasteiger partial charge in [0.15, 0.2) is 0 Å². The number of aromatic nitrogens is 2. The van der Waals surface area contributed by atoms with Crippen molar-refractivity contribution >= 4 is 40.4 Å². The highest BCUT2D eigenvalue weighted by atomic mass is 32.2. The first kappa shape index (κ1) is 27.3. The molecular formula is C30H27F2N5O2S. The number of carbonyl (C=O) groups is 2. The van der Waals surface area contributed by atoms with E-state index in [9.17, 15) is 18.4 Å². The minimum absolute atomic E-state index is 0.145. The van der Waals surface area contributed by atoms with E-state index >= 15 is 0 Å². The quantitative estimate of drug-likeness (QED) is 0.223. The Morgan fingerprint density at radius 1 is 0.950 bits per heavy atom. The Morgan fingerprint density at radius 2 is 1.62 bits per heavy atom. The summed E-state index contributed by atoms with van der Waals surface area (Å²) in [4.78, 5) is 38.6. The number of carbonyl (C=O) groups excluding carboxylic acids is 2. The third-order valence-electron chi connectivity index (χ3n) is 6.80. The Balaban J connectivity index is 1.22. The summed E-state index contributed by atoms with van der Waals surface area (Å²) in [6.45, 7) is 6.14. The maximum Gasteiger partial charge on any atom is 0.308 e. The normalized spacial score (nSPS) is 13.8. The number of nitrogens with one attached hydrogen (secondary N) is 1. The van der Waals surface area contributed by atoms with Crippen molar-refractivity contribution in [1.82, 2.24) is 19.8 Å². The summed E-state index contributed by atoms with van der Waals surface area (Å²) < 4.78 is 31.9. The number of hydrogen-bond acceptors (Lipinski definition) is 6. The first-order valence-corrected chi connectivity index (χ1v) is 13.5. The summed E-state index contributed by atoms with van der Waals surface area (Å²) in [7, 11) is 0. The minimum Gasteiger partial charge on any atom is -0.335 e. The van der Waals surface area contributed by atoms with E-state index in [1.54, 1.807) is 17.2 Å². The van der Waals surface area contributed by atoms with Crippen LogP contribution in [-0.2, 0) is 5.92 Å². The lowest BCUT2D eigenvalue weighted by Gasteiger charge is -2.35. The van der Waals surface area contributed by atoms with Gasteiger partial charge in [-0.15, -0.1) is 0 Å². The topological polar surface area (TPSA) is 78.4 Å². The zero-order valence-electron chi connectivity index (χ0n) is 21.8. The second kappa shape index (κ2) is 11.4. The van der Waals surface area contributed by atoms with Crippen LogP contribution in [0.1, 0.15) is 32.0 Å². The van der Waals surface area contributed by atoms with Crippen molar-refractivity contribution in [3.63, 3.8) is 0 Å². The van der Waals surface area contributed by atoms with E-state index in [-0.39, 0.29) is 24.6 Å². The van der Waals surface area contributed by atoms with Crippen LogP contribution in [0.3, 0.4) is 0 Å². The van der Waals surface area contributed by atoms with Gasteiger partial charge in [0.1, 0.15) is 5.69 Å². The number of alkyl halides is 2. The summed E-state index contributed by atoms with van der Waals surface area (Å²) in [6, 6.07) is 18.2. The molecule has 2 aromatic carbocycles. The molecule has 4 aromatic rings. The lowest BCUT2D eigenvalue weighted by molar-refractivity contribution is 0.0419. The van der Waals surface area contributed by atoms with E-state index < -0.39 is 17.5 Å². The average molecular weight is 560 g/mol. The molecule has 0 radical (unpaired) electrons. The number of pyridine rings is 2. The molecule has 5 rings (SSSR count). The first-order chi connectivity index (χ1) is 19.3. The van der Waals surface area contributed by atoms with E-state index in [1.165, 1.54) is 35.2 Å². The molecule has 1 N–H and O–H groups in total. The minimum atomic E-state index is -3.42. The van der Waals surface area contributed by atoms with Gasteiger partial charge in [-0.1, -0.05) is 24.8 Å². The van der Waals surface area contributed by atoms with Crippen LogP contribution in [-0.4, -0.2) is 57.8 Å². The number of aryl methyl sites for hydroxylation is 1. The summed E-state index contributed by atoms with van der Waals surface area (Å²) >= 11 is 1.46. The molecule has 10 heteroatoms. The van der Waals surface area contributed by atoms with E-state index in [2.05, 4.69) is 21.3 Å². The van der Waals surface area contributed by atoms with E-state index in [1.807, 2.05) is 49.4 Å². The Kier molecular flexibility index (Phi) is 7.79. The number of halogens is 2. The van der Waals surface area contributed by atoms with Crippen molar-refractivity contribution in [1.29, 1.82) is 0 Å². The molecule has 1 aliphatic heterocycles. The molecule has 1 aliphatic rings. The molecule has 2 amide bonds. The second-order valence-corrected chi connectivity index (χ2v) is 10.2. The predicted octanol–water partition coefficient (Wildman–Crippen LogP) is 5.93. The summed E-state index contributed by atoms with van der Waals surface area (Å²) in [6.07, 6.45) is 3.47. The fraction of sp³-hybridized carbons (Fsp3) is 0.200. The van der Waals surface area contributed by atoms with Gasteiger partial charge in [0.05, 0.1) is 16.0 Å². The van der Waals surface area contributed by atoms with Gasteiger partial charge in [-0.05, 0) is 73.0 Å². The molecule has 1 fully saturated rings. The van der Waals surface area contributed by atoms with E-state index in [0.717, 1.165) is 27.0 Å². The number of para-hydroxylation sites is 1. The van der Waals surface area contributed by atoms with Crippen molar-refractivity contribution in [2.75, 3.05) is 30.9 Å². The van der Waals surface area contributed by atoms with Crippen LogP contribution in [0.15, 0.2) is 90.6 Å². The third kappa shape index (κ3) is 5.53. The van der Waals surface area contributed by atoms with Gasteiger partial charge in [0.25, 0.3) is 11.8 Å². The number of fused-ring (bicyclic) bond motifs is 1. The Labute approximate surface area is 235 Å². The number of amides is 2. The molecule has 40 heavy (non-hydrogen) atoms. The van der Waals surface area contributed by atoms with Crippen molar-refractivity contribution in [3.05, 3.63) is 108 Å². The maximum atomic E-state index is 14.3. The molecule has 0 bridgehead atoms. The standard InChI is InChI=1S/C30H27F2N5O2S/c1-3-30(31,32)27-23(9-6-14-34-27)29(39)37-17-15-36(16-18-37)28(38)22-11-12-24(20(2)19-22)35-40-25-10-4-7-21-8-5-13-33-26(21)25/h3-14,19,35H,1,15-18H2,2H3. The molecule has 3 heterocycles. The predicted molar refractivity (Wildman–Crippen MR) is 153 cm³/mol. The van der Waals surface area contributed by atoms with Crippen molar-refractivity contribution in [3.8, 4) is 0 Å². The van der Waals surface area contributed by atoms with Gasteiger partial charge in [-0.2, -0.15) is 8.78 Å². The zero-order valence-corrected chi connectivity index (χ0v) is 22.6. The van der Waals surface area contributed by atoms with Gasteiger partial charge >= 0.3 is 5.92 Å². The SMILES string of the molecule is C=CC(F)(F)c1ncccc1C(=O)N1CCN(C(=O)c2ccc(NSc3cccc4cccnc34)c(C)c2)CC1. The third-order valence-corrected chi connectivity index (χ3v) is 7.68. The van der Waals surface area contributed by atoms with Crippen LogP contribution >= 0.6 is 11.9 Å². The van der Waals surface area contributed by atoms with Crippen molar-refractivity contribution in [2.24, 2.45) is 0 Å². The van der Waals surface area contributed by atoms with Crippen LogP contribution in [0.4, 0.5) is 14.5 Å². The smallest absolute Gasteiger partial charge is 0.308 e. The van der Waals surface area contributed by atoms with Gasteiger partial charge < -0.3 is 14.5 Å². The van der Waals surface area contributed by atoms with Gasteiger partial charge in [-0.25, -0.2) is 0 Å². The number of anilines is 1. The number of rotatable bonds is 7. The lowest BCUT2D eigenvalue weighted by atomic mass is 10.1. The van der Waals surface area contributed by atoms with Gasteiger partial charge in [0, 0.05) is 55.2 Å². The monoisotopic (exact) mass is 559 g/mol. The molecule has 0 atom stereocenters. The fourth-order valence-electron chi connectivity index (χ4n) is 4.59. The molecule has 0 aliphatic carbocycles. The maximum absolute atomic E-state index is 14.3. The Hall–Kier alpha value is -4.31. The summed E-state index contributed by atoms with van der Waals surface area (Å²) in [5.41, 5.74) is 2.47. The average Bonchev–Trinajstić information content (AvgIpc) is 2.99. The number of allylic oxidation sites excluding steroid dienone is 1. The van der Waals surface area contributed by atoms with E-state index in [0.29, 0.717) is 24.7 Å². The fourth-order valence-corrected chi connectivity index (χ4v) is 5.45. The largest absolute Gasteiger partial charge is 0.335 e. The van der Waals surface area contributed by atoms with Crippen LogP contribution in [0.2, 0.25) is 0 Å². The first-order valence-electron chi connectivity index (χ1n) is 12.7.